The third-order valence-electron chi connectivity index (χ3n) is 1.27. The van der Waals surface area contributed by atoms with E-state index < -0.39 is 0 Å². The van der Waals surface area contributed by atoms with E-state index in [2.05, 4.69) is 32.6 Å². The van der Waals surface area contributed by atoms with Crippen molar-refractivity contribution < 1.29 is 0 Å². The number of hydrogen-bond acceptors (Lipinski definition) is 2. The Hall–Kier alpha value is -0.650. The van der Waals surface area contributed by atoms with Crippen LogP contribution in [0.1, 0.15) is 0 Å². The molecule has 2 rings (SSSR count). The van der Waals surface area contributed by atoms with Gasteiger partial charge in [0.1, 0.15) is 15.7 Å². The average molecular weight is 245 g/mol. The van der Waals surface area contributed by atoms with Crippen molar-refractivity contribution in [3.8, 4) is 0 Å². The van der Waals surface area contributed by atoms with Gasteiger partial charge in [0.2, 0.25) is 0 Å². The molecule has 10 heavy (non-hydrogen) atoms. The van der Waals surface area contributed by atoms with E-state index in [4.69, 9.17) is 0 Å². The molecule has 0 radical (unpaired) electrons. The van der Waals surface area contributed by atoms with Gasteiger partial charge in [-0.05, 0) is 28.7 Å². The van der Waals surface area contributed by atoms with Crippen LogP contribution in [0, 0.1) is 3.70 Å². The van der Waals surface area contributed by atoms with Crippen LogP contribution in [0.15, 0.2) is 24.8 Å². The maximum Gasteiger partial charge on any atom is 0.140 e. The van der Waals surface area contributed by atoms with Crippen molar-refractivity contribution in [3.63, 3.8) is 0 Å². The predicted octanol–water partition coefficient (Wildman–Crippen LogP) is 1.33. The Morgan fingerprint density at radius 3 is 3.20 bits per heavy atom. The maximum atomic E-state index is 4.13. The van der Waals surface area contributed by atoms with Gasteiger partial charge in [-0.3, -0.25) is 4.40 Å². The molecule has 2 heterocycles. The third kappa shape index (κ3) is 0.792. The van der Waals surface area contributed by atoms with Crippen molar-refractivity contribution in [2.75, 3.05) is 0 Å². The molecule has 4 heteroatoms. The summed E-state index contributed by atoms with van der Waals surface area (Å²) in [4.78, 5) is 8.10. The normalized spacial score (nSPS) is 10.5. The van der Waals surface area contributed by atoms with E-state index in [-0.39, 0.29) is 0 Å². The van der Waals surface area contributed by atoms with E-state index in [9.17, 15) is 0 Å². The summed E-state index contributed by atoms with van der Waals surface area (Å²) in [6, 6.07) is 1.88. The summed E-state index contributed by atoms with van der Waals surface area (Å²) in [5.41, 5.74) is 0.944. The average Bonchev–Trinajstić information content (AvgIpc) is 2.34. The van der Waals surface area contributed by atoms with Crippen LogP contribution in [0.5, 0.6) is 0 Å². The minimum Gasteiger partial charge on any atom is -0.278 e. The molecule has 0 saturated carbocycles. The molecule has 3 nitrogen and oxygen atoms in total. The van der Waals surface area contributed by atoms with E-state index in [1.807, 2.05) is 16.7 Å². The number of fused-ring (bicyclic) bond motifs is 1. The predicted molar refractivity (Wildman–Crippen MR) is 45.7 cm³/mol. The molecule has 0 aliphatic carbocycles. The summed E-state index contributed by atoms with van der Waals surface area (Å²) >= 11 is 2.21. The second-order valence-electron chi connectivity index (χ2n) is 1.89. The molecule has 0 atom stereocenters. The van der Waals surface area contributed by atoms with Crippen LogP contribution in [0.3, 0.4) is 0 Å². The van der Waals surface area contributed by atoms with Gasteiger partial charge in [0.25, 0.3) is 0 Å². The van der Waals surface area contributed by atoms with Crippen molar-refractivity contribution in [2.45, 2.75) is 0 Å². The molecule has 0 aliphatic heterocycles. The Bertz CT molecular complexity index is 355. The molecular weight excluding hydrogens is 241 g/mol. The van der Waals surface area contributed by atoms with Crippen LogP contribution in [0.4, 0.5) is 0 Å². The van der Waals surface area contributed by atoms with Crippen molar-refractivity contribution in [3.05, 3.63) is 28.5 Å². The lowest BCUT2D eigenvalue weighted by Crippen LogP contribution is -1.86. The summed E-state index contributed by atoms with van der Waals surface area (Å²) < 4.78 is 3.02. The number of imidazole rings is 1. The topological polar surface area (TPSA) is 30.2 Å². The fraction of sp³-hybridized carbons (Fsp3) is 0. The summed E-state index contributed by atoms with van der Waals surface area (Å²) in [7, 11) is 0. The first kappa shape index (κ1) is 6.09. The largest absolute Gasteiger partial charge is 0.278 e. The van der Waals surface area contributed by atoms with Crippen LogP contribution >= 0.6 is 22.6 Å². The fourth-order valence-electron chi connectivity index (χ4n) is 0.806. The number of nitrogens with zero attached hydrogens (tertiary/aromatic N) is 3. The second kappa shape index (κ2) is 2.19. The van der Waals surface area contributed by atoms with E-state index in [0.29, 0.717) is 0 Å². The Morgan fingerprint density at radius 2 is 2.40 bits per heavy atom. The smallest absolute Gasteiger partial charge is 0.140 e. The minimum absolute atomic E-state index is 0.944. The zero-order valence-corrected chi connectivity index (χ0v) is 7.19. The monoisotopic (exact) mass is 245 g/mol. The van der Waals surface area contributed by atoms with E-state index in [0.717, 1.165) is 9.35 Å². The highest BCUT2D eigenvalue weighted by atomic mass is 127. The number of halogens is 1. The quantitative estimate of drug-likeness (QED) is 0.655. The third-order valence-corrected chi connectivity index (χ3v) is 2.07. The molecule has 0 aromatic carbocycles. The number of aromatic nitrogens is 3. The van der Waals surface area contributed by atoms with Crippen LogP contribution in [0.2, 0.25) is 0 Å². The molecule has 0 fully saturated rings. The highest BCUT2D eigenvalue weighted by molar-refractivity contribution is 14.1. The van der Waals surface area contributed by atoms with Gasteiger partial charge in [-0.15, -0.1) is 0 Å². The summed E-state index contributed by atoms with van der Waals surface area (Å²) in [5, 5.41) is 0. The Kier molecular flexibility index (Phi) is 1.33. The molecule has 0 saturated heterocycles. The highest BCUT2D eigenvalue weighted by Crippen LogP contribution is 2.05. The lowest BCUT2D eigenvalue weighted by atomic mass is 10.6. The first-order valence-corrected chi connectivity index (χ1v) is 3.88. The molecule has 2 aromatic heterocycles. The molecule has 0 aliphatic rings. The van der Waals surface area contributed by atoms with Crippen molar-refractivity contribution >= 4 is 28.2 Å². The molecule has 0 bridgehead atoms. The standard InChI is InChI=1S/C6H4IN3/c7-5-3-9-6-1-2-8-4-10(5)6/h1-4H. The zero-order chi connectivity index (χ0) is 6.97. The summed E-state index contributed by atoms with van der Waals surface area (Å²) in [6.45, 7) is 0. The Balaban J connectivity index is 2.93. The van der Waals surface area contributed by atoms with E-state index >= 15 is 0 Å². The number of rotatable bonds is 0. The Labute approximate surface area is 71.3 Å². The van der Waals surface area contributed by atoms with Crippen molar-refractivity contribution in [1.82, 2.24) is 14.4 Å². The highest BCUT2D eigenvalue weighted by Gasteiger charge is 1.95. The van der Waals surface area contributed by atoms with Crippen LogP contribution < -0.4 is 0 Å². The fourth-order valence-corrected chi connectivity index (χ4v) is 1.32. The first-order valence-electron chi connectivity index (χ1n) is 2.80. The molecule has 0 spiro atoms. The molecule has 0 N–H and O–H groups in total. The first-order chi connectivity index (χ1) is 4.88. The summed E-state index contributed by atoms with van der Waals surface area (Å²) in [6.07, 6.45) is 5.31. The van der Waals surface area contributed by atoms with Gasteiger partial charge < -0.3 is 0 Å². The van der Waals surface area contributed by atoms with Gasteiger partial charge in [-0.2, -0.15) is 0 Å². The number of hydrogen-bond donors (Lipinski definition) is 0. The molecule has 50 valence electrons. The van der Waals surface area contributed by atoms with Gasteiger partial charge in [0, 0.05) is 6.20 Å². The van der Waals surface area contributed by atoms with Gasteiger partial charge in [0.15, 0.2) is 0 Å². The van der Waals surface area contributed by atoms with Gasteiger partial charge in [-0.1, -0.05) is 0 Å². The van der Waals surface area contributed by atoms with Gasteiger partial charge >= 0.3 is 0 Å². The van der Waals surface area contributed by atoms with Crippen LogP contribution in [-0.4, -0.2) is 14.4 Å². The lowest BCUT2D eigenvalue weighted by Gasteiger charge is -1.89. The maximum absolute atomic E-state index is 4.13. The zero-order valence-electron chi connectivity index (χ0n) is 5.03. The lowest BCUT2D eigenvalue weighted by molar-refractivity contribution is 1.06. The van der Waals surface area contributed by atoms with Gasteiger partial charge in [0.05, 0.1) is 6.20 Å². The second-order valence-corrected chi connectivity index (χ2v) is 2.99. The van der Waals surface area contributed by atoms with E-state index in [1.165, 1.54) is 0 Å². The van der Waals surface area contributed by atoms with Crippen molar-refractivity contribution in [1.29, 1.82) is 0 Å². The van der Waals surface area contributed by atoms with Crippen LogP contribution in [0.25, 0.3) is 5.65 Å². The van der Waals surface area contributed by atoms with Gasteiger partial charge in [-0.25, -0.2) is 9.97 Å². The molecule has 0 unspecified atom stereocenters. The Morgan fingerprint density at radius 1 is 1.50 bits per heavy atom. The van der Waals surface area contributed by atoms with Crippen LogP contribution in [-0.2, 0) is 0 Å². The SMILES string of the molecule is Ic1cnc2ccncn12. The molecule has 2 aromatic rings. The van der Waals surface area contributed by atoms with E-state index in [1.54, 1.807) is 12.5 Å². The van der Waals surface area contributed by atoms with Crippen molar-refractivity contribution in [2.24, 2.45) is 0 Å². The summed E-state index contributed by atoms with van der Waals surface area (Å²) in [5.74, 6) is 0. The molecule has 0 amide bonds. The minimum atomic E-state index is 0.944. The molecular formula is C6H4IN3.